The number of anilines is 3. The highest BCUT2D eigenvalue weighted by atomic mass is 32.1. The first kappa shape index (κ1) is 35.0. The maximum Gasteiger partial charge on any atom is 0.0540 e. The quantitative estimate of drug-likeness (QED) is 0.163. The Morgan fingerprint density at radius 1 is 0.500 bits per heavy atom. The first-order chi connectivity index (χ1) is 29.5. The summed E-state index contributed by atoms with van der Waals surface area (Å²) in [5.41, 5.74) is 18.7. The highest BCUT2D eigenvalue weighted by molar-refractivity contribution is 7.25. The first-order valence-corrected chi connectivity index (χ1v) is 21.9. The van der Waals surface area contributed by atoms with Crippen molar-refractivity contribution >= 4 is 65.6 Å². The van der Waals surface area contributed by atoms with Crippen molar-refractivity contribution in [3.05, 3.63) is 210 Å². The number of aromatic nitrogens is 1. The number of aryl methyl sites for hydroxylation is 1. The number of benzene rings is 8. The summed E-state index contributed by atoms with van der Waals surface area (Å²) in [6, 6.07) is 67.8. The smallest absolute Gasteiger partial charge is 0.0540 e. The summed E-state index contributed by atoms with van der Waals surface area (Å²) >= 11 is 1.87. The number of allylic oxidation sites excluding steroid dienone is 1. The van der Waals surface area contributed by atoms with E-state index < -0.39 is 0 Å². The fraction of sp³-hybridized carbons (Fsp3) is 0.0877. The van der Waals surface area contributed by atoms with E-state index in [1.807, 2.05) is 11.3 Å². The minimum Gasteiger partial charge on any atom is -0.310 e. The fourth-order valence-electron chi connectivity index (χ4n) is 10.2. The Labute approximate surface area is 354 Å². The molecular formula is C57H42N2S. The zero-order valence-electron chi connectivity index (χ0n) is 33.7. The van der Waals surface area contributed by atoms with Gasteiger partial charge in [-0.1, -0.05) is 147 Å². The van der Waals surface area contributed by atoms with Gasteiger partial charge in [0.2, 0.25) is 0 Å². The first-order valence-electron chi connectivity index (χ1n) is 21.1. The van der Waals surface area contributed by atoms with E-state index in [-0.39, 0.29) is 5.41 Å². The maximum atomic E-state index is 2.50. The predicted octanol–water partition coefficient (Wildman–Crippen LogP) is 16.1. The van der Waals surface area contributed by atoms with Crippen LogP contribution in [-0.4, -0.2) is 4.57 Å². The monoisotopic (exact) mass is 786 g/mol. The number of hydrogen-bond donors (Lipinski definition) is 0. The molecule has 2 heterocycles. The summed E-state index contributed by atoms with van der Waals surface area (Å²) in [4.78, 5) is 2.48. The Hall–Kier alpha value is -6.94. The largest absolute Gasteiger partial charge is 0.310 e. The van der Waals surface area contributed by atoms with Crippen LogP contribution in [0.2, 0.25) is 0 Å². The van der Waals surface area contributed by atoms with E-state index in [9.17, 15) is 0 Å². The lowest BCUT2D eigenvalue weighted by atomic mass is 9.82. The van der Waals surface area contributed by atoms with Gasteiger partial charge >= 0.3 is 0 Å². The molecule has 2 aromatic heterocycles. The third-order valence-corrected chi connectivity index (χ3v) is 14.2. The summed E-state index contributed by atoms with van der Waals surface area (Å²) in [6.45, 7) is 4.74. The van der Waals surface area contributed by atoms with E-state index in [2.05, 4.69) is 217 Å². The van der Waals surface area contributed by atoms with Gasteiger partial charge in [-0.05, 0) is 118 Å². The second-order valence-electron chi connectivity index (χ2n) is 16.8. The third-order valence-electron chi connectivity index (χ3n) is 13.1. The van der Waals surface area contributed by atoms with E-state index in [0.29, 0.717) is 0 Å². The number of fused-ring (bicyclic) bond motifs is 9. The van der Waals surface area contributed by atoms with Crippen molar-refractivity contribution in [1.29, 1.82) is 0 Å². The van der Waals surface area contributed by atoms with Crippen LogP contribution >= 0.6 is 11.3 Å². The highest BCUT2D eigenvalue weighted by Crippen LogP contribution is 2.52. The zero-order chi connectivity index (χ0) is 40.0. The van der Waals surface area contributed by atoms with E-state index in [0.717, 1.165) is 29.9 Å². The van der Waals surface area contributed by atoms with Crippen molar-refractivity contribution in [2.75, 3.05) is 4.90 Å². The minimum atomic E-state index is -0.122. The number of para-hydroxylation sites is 2. The zero-order valence-corrected chi connectivity index (χ0v) is 34.5. The molecule has 2 aliphatic rings. The van der Waals surface area contributed by atoms with Gasteiger partial charge in [0.25, 0.3) is 0 Å². The summed E-state index contributed by atoms with van der Waals surface area (Å²) in [5.74, 6) is 0. The molecule has 0 saturated heterocycles. The van der Waals surface area contributed by atoms with Crippen LogP contribution in [0.15, 0.2) is 188 Å². The van der Waals surface area contributed by atoms with Gasteiger partial charge in [-0.25, -0.2) is 0 Å². The van der Waals surface area contributed by atoms with Crippen molar-refractivity contribution in [3.8, 4) is 39.1 Å². The maximum absolute atomic E-state index is 2.50. The van der Waals surface area contributed by atoms with Gasteiger partial charge in [0, 0.05) is 59.3 Å². The van der Waals surface area contributed by atoms with Crippen LogP contribution in [0.1, 0.15) is 42.7 Å². The molecule has 0 radical (unpaired) electrons. The van der Waals surface area contributed by atoms with Gasteiger partial charge in [0.15, 0.2) is 0 Å². The number of thiophene rings is 1. The molecule has 0 bridgehead atoms. The molecule has 0 unspecified atom stereocenters. The lowest BCUT2D eigenvalue weighted by molar-refractivity contribution is 0.660. The van der Waals surface area contributed by atoms with E-state index in [4.69, 9.17) is 0 Å². The van der Waals surface area contributed by atoms with Gasteiger partial charge < -0.3 is 9.47 Å². The molecule has 2 nitrogen and oxygen atoms in total. The average Bonchev–Trinajstić information content (AvgIpc) is 3.92. The van der Waals surface area contributed by atoms with Gasteiger partial charge in [-0.3, -0.25) is 0 Å². The Balaban J connectivity index is 1.09. The summed E-state index contributed by atoms with van der Waals surface area (Å²) in [5, 5.41) is 3.96. The van der Waals surface area contributed by atoms with Crippen LogP contribution in [0.5, 0.6) is 0 Å². The minimum absolute atomic E-state index is 0.122. The van der Waals surface area contributed by atoms with Crippen LogP contribution in [0.25, 0.3) is 76.2 Å². The Bertz CT molecular complexity index is 3360. The van der Waals surface area contributed by atoms with Gasteiger partial charge in [0.1, 0.15) is 0 Å². The lowest BCUT2D eigenvalue weighted by Gasteiger charge is -2.29. The molecule has 0 saturated carbocycles. The second-order valence-corrected chi connectivity index (χ2v) is 17.9. The molecule has 8 aromatic carbocycles. The molecule has 12 rings (SSSR count). The van der Waals surface area contributed by atoms with Gasteiger partial charge in [-0.2, -0.15) is 0 Å². The molecule has 0 N–H and O–H groups in total. The molecule has 0 aliphatic heterocycles. The molecule has 2 aliphatic carbocycles. The van der Waals surface area contributed by atoms with Crippen LogP contribution in [0.4, 0.5) is 17.1 Å². The Morgan fingerprint density at radius 2 is 1.15 bits per heavy atom. The molecule has 0 fully saturated rings. The standard InChI is InChI=1S/C57H42N2S/c1-57(2)50-23-11-6-18-42(50)43-32-29-39(35-51(43)57)58(40-30-33-48-47-22-10-15-27-55(47)60-56(48)36-40)38-28-31-41(49(34-38)37-16-4-3-5-17-37)44-19-7-12-24-52(44)59-53-25-13-8-20-45(53)46-21-9-14-26-54(46)59/h3-8,10-20,22-36H,9,21H2,1-2H3. The Kier molecular flexibility index (Phi) is 7.92. The summed E-state index contributed by atoms with van der Waals surface area (Å²) in [7, 11) is 0. The van der Waals surface area contributed by atoms with Crippen molar-refractivity contribution in [1.82, 2.24) is 4.57 Å². The lowest BCUT2D eigenvalue weighted by Crippen LogP contribution is -2.16. The topological polar surface area (TPSA) is 8.17 Å². The van der Waals surface area contributed by atoms with Crippen LogP contribution < -0.4 is 4.90 Å². The van der Waals surface area contributed by atoms with Crippen molar-refractivity contribution in [3.63, 3.8) is 0 Å². The van der Waals surface area contributed by atoms with Crippen molar-refractivity contribution < 1.29 is 0 Å². The molecule has 0 atom stereocenters. The molecule has 60 heavy (non-hydrogen) atoms. The number of rotatable bonds is 6. The summed E-state index contributed by atoms with van der Waals surface area (Å²) in [6.07, 6.45) is 6.79. The van der Waals surface area contributed by atoms with Gasteiger partial charge in [-0.15, -0.1) is 11.3 Å². The van der Waals surface area contributed by atoms with E-state index >= 15 is 0 Å². The molecule has 3 heteroatoms. The number of hydrogen-bond acceptors (Lipinski definition) is 2. The average molecular weight is 787 g/mol. The molecule has 286 valence electrons. The number of nitrogens with zero attached hydrogens (tertiary/aromatic N) is 2. The second kappa shape index (κ2) is 13.6. The normalized spacial score (nSPS) is 13.8. The van der Waals surface area contributed by atoms with Crippen molar-refractivity contribution in [2.45, 2.75) is 32.1 Å². The van der Waals surface area contributed by atoms with Crippen LogP contribution in [0.3, 0.4) is 0 Å². The van der Waals surface area contributed by atoms with Crippen molar-refractivity contribution in [2.24, 2.45) is 0 Å². The van der Waals surface area contributed by atoms with Crippen LogP contribution in [0, 0.1) is 0 Å². The Morgan fingerprint density at radius 3 is 2.03 bits per heavy atom. The predicted molar refractivity (Wildman–Crippen MR) is 257 cm³/mol. The molecular weight excluding hydrogens is 745 g/mol. The third kappa shape index (κ3) is 5.32. The molecule has 10 aromatic rings. The molecule has 0 amide bonds. The van der Waals surface area contributed by atoms with Crippen LogP contribution in [-0.2, 0) is 11.8 Å². The van der Waals surface area contributed by atoms with Gasteiger partial charge in [0.05, 0.1) is 11.2 Å². The SMILES string of the molecule is CC1(C)c2ccccc2-c2ccc(N(c3ccc(-c4ccccc4-n4c5c(c6ccccc64)CCC=C5)c(-c4ccccc4)c3)c3ccc4c(c3)sc3ccccc34)cc21. The van der Waals surface area contributed by atoms with E-state index in [1.54, 1.807) is 0 Å². The highest BCUT2D eigenvalue weighted by Gasteiger charge is 2.36. The molecule has 0 spiro atoms. The van der Waals surface area contributed by atoms with E-state index in [1.165, 1.54) is 92.5 Å². The summed E-state index contributed by atoms with van der Waals surface area (Å²) < 4.78 is 5.10. The fourth-order valence-corrected chi connectivity index (χ4v) is 11.4.